The second-order valence-corrected chi connectivity index (χ2v) is 4.01. The molecule has 2 aromatic carbocycles. The van der Waals surface area contributed by atoms with Gasteiger partial charge in [0.15, 0.2) is 0 Å². The molecule has 0 N–H and O–H groups in total. The molecule has 2 aromatic rings. The van der Waals surface area contributed by atoms with E-state index in [4.69, 9.17) is 0 Å². The normalized spacial score (nSPS) is 9.77. The Morgan fingerprint density at radius 1 is 0.818 bits per heavy atom. The molecule has 0 unspecified atom stereocenters. The Bertz CT molecular complexity index is 772. The topological polar surface area (TPSA) is 129 Å². The molecular formula is C13H13N3O6. The molecule has 0 radical (unpaired) electrons. The number of hydrogen-bond acceptors (Lipinski definition) is 6. The smallest absolute Gasteiger partial charge is 0.258 e. The standard InChI is InChI=1S/C11H7N3O6.C2H6/c1-6-9(13(17)18)5-10(14(19)20)7-3-2-4-8(11(6)7)12(15)16;1-2/h2-5H,1H3;1-2H3. The van der Waals surface area contributed by atoms with Gasteiger partial charge in [0.2, 0.25) is 0 Å². The fourth-order valence-electron chi connectivity index (χ4n) is 2.08. The summed E-state index contributed by atoms with van der Waals surface area (Å²) in [7, 11) is 0. The van der Waals surface area contributed by atoms with E-state index in [1.54, 1.807) is 0 Å². The van der Waals surface area contributed by atoms with Gasteiger partial charge in [0.25, 0.3) is 17.1 Å². The maximum Gasteiger partial charge on any atom is 0.284 e. The predicted octanol–water partition coefficient (Wildman–Crippen LogP) is 3.90. The van der Waals surface area contributed by atoms with E-state index in [1.165, 1.54) is 19.1 Å². The van der Waals surface area contributed by atoms with Crippen LogP contribution >= 0.6 is 0 Å². The second kappa shape index (κ2) is 6.57. The number of hydrogen-bond donors (Lipinski definition) is 0. The molecule has 0 amide bonds. The third-order valence-corrected chi connectivity index (χ3v) is 2.94. The quantitative estimate of drug-likeness (QED) is 0.624. The fraction of sp³-hybridized carbons (Fsp3) is 0.231. The molecule has 0 heterocycles. The highest BCUT2D eigenvalue weighted by atomic mass is 16.6. The zero-order valence-corrected chi connectivity index (χ0v) is 12.1. The van der Waals surface area contributed by atoms with Crippen molar-refractivity contribution < 1.29 is 14.8 Å². The van der Waals surface area contributed by atoms with Crippen LogP contribution < -0.4 is 0 Å². The van der Waals surface area contributed by atoms with E-state index in [0.717, 1.165) is 12.1 Å². The monoisotopic (exact) mass is 307 g/mol. The number of rotatable bonds is 3. The molecule has 0 aliphatic heterocycles. The van der Waals surface area contributed by atoms with Gasteiger partial charge in [-0.25, -0.2) is 0 Å². The molecule has 0 saturated heterocycles. The van der Waals surface area contributed by atoms with Gasteiger partial charge >= 0.3 is 0 Å². The van der Waals surface area contributed by atoms with Gasteiger partial charge in [0, 0.05) is 11.6 Å². The van der Waals surface area contributed by atoms with Crippen LogP contribution in [-0.2, 0) is 0 Å². The van der Waals surface area contributed by atoms with Crippen LogP contribution in [0.4, 0.5) is 17.1 Å². The molecule has 0 bridgehead atoms. The van der Waals surface area contributed by atoms with Crippen molar-refractivity contribution >= 4 is 27.8 Å². The van der Waals surface area contributed by atoms with E-state index in [0.29, 0.717) is 0 Å². The summed E-state index contributed by atoms with van der Waals surface area (Å²) in [5.74, 6) is 0. The van der Waals surface area contributed by atoms with Crippen LogP contribution in [-0.4, -0.2) is 14.8 Å². The van der Waals surface area contributed by atoms with Crippen LogP contribution in [0.3, 0.4) is 0 Å². The van der Waals surface area contributed by atoms with Gasteiger partial charge in [-0.05, 0) is 13.0 Å². The number of aryl methyl sites for hydroxylation is 1. The number of nitro benzene ring substituents is 3. The lowest BCUT2D eigenvalue weighted by molar-refractivity contribution is -0.393. The first-order valence-corrected chi connectivity index (χ1v) is 6.34. The lowest BCUT2D eigenvalue weighted by atomic mass is 10.0. The van der Waals surface area contributed by atoms with Gasteiger partial charge in [0.1, 0.15) is 0 Å². The Hall–Kier alpha value is -3.10. The van der Waals surface area contributed by atoms with Gasteiger partial charge in [-0.1, -0.05) is 19.9 Å². The maximum absolute atomic E-state index is 11.0. The van der Waals surface area contributed by atoms with Crippen LogP contribution in [0.2, 0.25) is 0 Å². The first-order valence-electron chi connectivity index (χ1n) is 6.34. The van der Waals surface area contributed by atoms with E-state index in [-0.39, 0.29) is 16.3 Å². The number of nitrogens with zero attached hydrogens (tertiary/aromatic N) is 3. The average molecular weight is 307 g/mol. The first-order chi connectivity index (χ1) is 10.3. The summed E-state index contributed by atoms with van der Waals surface area (Å²) in [5, 5.41) is 32.8. The van der Waals surface area contributed by atoms with Crippen molar-refractivity contribution in [1.82, 2.24) is 0 Å². The van der Waals surface area contributed by atoms with Crippen molar-refractivity contribution in [3.63, 3.8) is 0 Å². The summed E-state index contributed by atoms with van der Waals surface area (Å²) in [6.45, 7) is 5.33. The maximum atomic E-state index is 11.0. The minimum Gasteiger partial charge on any atom is -0.258 e. The minimum absolute atomic E-state index is 0.00676. The largest absolute Gasteiger partial charge is 0.284 e. The molecule has 0 spiro atoms. The van der Waals surface area contributed by atoms with E-state index >= 15 is 0 Å². The van der Waals surface area contributed by atoms with Gasteiger partial charge in [-0.3, -0.25) is 30.3 Å². The Morgan fingerprint density at radius 3 is 1.77 bits per heavy atom. The van der Waals surface area contributed by atoms with Crippen molar-refractivity contribution in [3.8, 4) is 0 Å². The lowest BCUT2D eigenvalue weighted by Gasteiger charge is -2.05. The summed E-state index contributed by atoms with van der Waals surface area (Å²) in [5.41, 5.74) is -1.41. The van der Waals surface area contributed by atoms with E-state index in [9.17, 15) is 30.3 Å². The van der Waals surface area contributed by atoms with Crippen LogP contribution in [0, 0.1) is 37.3 Å². The predicted molar refractivity (Wildman–Crippen MR) is 80.0 cm³/mol. The Kier molecular flexibility index (Phi) is 5.06. The third kappa shape index (κ3) is 2.82. The van der Waals surface area contributed by atoms with E-state index in [1.807, 2.05) is 13.8 Å². The molecule has 0 saturated carbocycles. The number of fused-ring (bicyclic) bond motifs is 1. The van der Waals surface area contributed by atoms with Crippen molar-refractivity contribution in [2.45, 2.75) is 20.8 Å². The molecule has 2 rings (SSSR count). The Morgan fingerprint density at radius 2 is 1.32 bits per heavy atom. The summed E-state index contributed by atoms with van der Waals surface area (Å²) in [6, 6.07) is 4.61. The summed E-state index contributed by atoms with van der Waals surface area (Å²) in [4.78, 5) is 30.6. The zero-order chi connectivity index (χ0) is 17.0. The molecule has 9 nitrogen and oxygen atoms in total. The van der Waals surface area contributed by atoms with Crippen LogP contribution in [0.25, 0.3) is 10.8 Å². The number of nitro groups is 3. The molecule has 0 atom stereocenters. The molecule has 116 valence electrons. The number of non-ortho nitro benzene ring substituents is 2. The summed E-state index contributed by atoms with van der Waals surface area (Å²) >= 11 is 0. The van der Waals surface area contributed by atoms with Crippen molar-refractivity contribution in [2.75, 3.05) is 0 Å². The van der Waals surface area contributed by atoms with Crippen LogP contribution in [0.1, 0.15) is 19.4 Å². The van der Waals surface area contributed by atoms with Crippen LogP contribution in [0.15, 0.2) is 24.3 Å². The highest BCUT2D eigenvalue weighted by molar-refractivity contribution is 6.01. The van der Waals surface area contributed by atoms with Crippen molar-refractivity contribution in [2.24, 2.45) is 0 Å². The fourth-order valence-corrected chi connectivity index (χ4v) is 2.08. The average Bonchev–Trinajstić information content (AvgIpc) is 2.48. The third-order valence-electron chi connectivity index (χ3n) is 2.94. The van der Waals surface area contributed by atoms with E-state index in [2.05, 4.69) is 0 Å². The Balaban J connectivity index is 0.00000116. The van der Waals surface area contributed by atoms with Gasteiger partial charge in [-0.2, -0.15) is 0 Å². The van der Waals surface area contributed by atoms with Crippen molar-refractivity contribution in [1.29, 1.82) is 0 Å². The number of benzene rings is 2. The Labute approximate surface area is 124 Å². The van der Waals surface area contributed by atoms with Crippen molar-refractivity contribution in [3.05, 3.63) is 60.2 Å². The van der Waals surface area contributed by atoms with Gasteiger partial charge < -0.3 is 0 Å². The highest BCUT2D eigenvalue weighted by Gasteiger charge is 2.27. The van der Waals surface area contributed by atoms with Gasteiger partial charge in [0.05, 0.1) is 31.6 Å². The molecule has 9 heteroatoms. The lowest BCUT2D eigenvalue weighted by Crippen LogP contribution is -1.99. The summed E-state index contributed by atoms with van der Waals surface area (Å²) in [6.07, 6.45) is 0. The summed E-state index contributed by atoms with van der Waals surface area (Å²) < 4.78 is 0. The van der Waals surface area contributed by atoms with Gasteiger partial charge in [-0.15, -0.1) is 0 Å². The van der Waals surface area contributed by atoms with Crippen LogP contribution in [0.5, 0.6) is 0 Å². The van der Waals surface area contributed by atoms with E-state index < -0.39 is 31.8 Å². The SMILES string of the molecule is CC.Cc1c([N+](=O)[O-])cc([N+](=O)[O-])c2cccc([N+](=O)[O-])c12. The molecule has 0 fully saturated rings. The molecule has 0 aliphatic rings. The molecular weight excluding hydrogens is 294 g/mol. The molecule has 0 aliphatic carbocycles. The minimum atomic E-state index is -0.793. The molecule has 0 aromatic heterocycles. The molecule has 22 heavy (non-hydrogen) atoms. The zero-order valence-electron chi connectivity index (χ0n) is 12.1. The second-order valence-electron chi connectivity index (χ2n) is 4.01. The first kappa shape index (κ1) is 17.0. The highest BCUT2D eigenvalue weighted by Crippen LogP contribution is 2.39.